The monoisotopic (exact) mass is 1090 g/mol. The maximum Gasteiger partial charge on any atom is 0.0544 e. The quantitative estimate of drug-likeness (QED) is 0.121. The van der Waals surface area contributed by atoms with Gasteiger partial charge in [0.1, 0.15) is 0 Å². The van der Waals surface area contributed by atoms with Crippen LogP contribution in [0.2, 0.25) is 0 Å². The molecule has 84 heavy (non-hydrogen) atoms. The molecule has 0 atom stereocenters. The second-order valence-corrected chi connectivity index (χ2v) is 25.2. The summed E-state index contributed by atoms with van der Waals surface area (Å²) in [5.41, 5.74) is 22.7. The highest BCUT2D eigenvalue weighted by Crippen LogP contribution is 2.52. The molecule has 12 rings (SSSR count). The predicted molar refractivity (Wildman–Crippen MR) is 364 cm³/mol. The van der Waals surface area contributed by atoms with E-state index in [-0.39, 0.29) is 10.8 Å². The van der Waals surface area contributed by atoms with Gasteiger partial charge in [0.15, 0.2) is 0 Å². The number of nitrogens with zero attached hydrogens (tertiary/aromatic N) is 4. The molecule has 12 aromatic rings. The van der Waals surface area contributed by atoms with Gasteiger partial charge in [-0.2, -0.15) is 0 Å². The standard InChI is InChI=1S/C80H76N4/c1-53-31-39-61(40-32-53)81(62-41-33-54(2)34-42-62)73-27-15-25-69-67(73)23-17-29-75(69)83(65-21-13-19-57(5)47-65)77-51-59(79(7,8)9)50-72-71(77)49-60(80(10,11)12)52-78(72)84(66-22-14-20-58(6)48-66)76-30-18-24-68-70(76)26-16-28-74(68)82(63-43-35-55(3)36-44-63)64-45-37-56(4)38-46-64/h13-52H,1-12H3. The Morgan fingerprint density at radius 1 is 0.202 bits per heavy atom. The minimum absolute atomic E-state index is 0.229. The Hall–Kier alpha value is -9.38. The zero-order valence-electron chi connectivity index (χ0n) is 50.9. The molecule has 0 radical (unpaired) electrons. The van der Waals surface area contributed by atoms with E-state index in [0.717, 1.165) is 89.8 Å². The van der Waals surface area contributed by atoms with Crippen LogP contribution in [0.3, 0.4) is 0 Å². The second kappa shape index (κ2) is 22.1. The molecular formula is C80H76N4. The van der Waals surface area contributed by atoms with Crippen molar-refractivity contribution in [3.05, 3.63) is 287 Å². The molecule has 12 aromatic carbocycles. The molecule has 0 unspecified atom stereocenters. The Morgan fingerprint density at radius 2 is 0.464 bits per heavy atom. The van der Waals surface area contributed by atoms with E-state index in [1.807, 2.05) is 0 Å². The lowest BCUT2D eigenvalue weighted by Gasteiger charge is -2.35. The van der Waals surface area contributed by atoms with Crippen molar-refractivity contribution in [3.8, 4) is 0 Å². The third-order valence-corrected chi connectivity index (χ3v) is 16.6. The van der Waals surface area contributed by atoms with Gasteiger partial charge in [0.2, 0.25) is 0 Å². The number of hydrogen-bond donors (Lipinski definition) is 0. The molecule has 0 aliphatic carbocycles. The van der Waals surface area contributed by atoms with Crippen molar-refractivity contribution in [1.82, 2.24) is 0 Å². The molecular weight excluding hydrogens is 1020 g/mol. The normalized spacial score (nSPS) is 11.8. The SMILES string of the molecule is Cc1ccc(N(c2ccc(C)cc2)c2cccc3c(N(c4cccc(C)c4)c4cc(C(C)(C)C)cc5c(N(c6cccc(C)c6)c6cccc7c(N(c8ccc(C)cc8)c8ccc(C)cc8)cccc67)cc(C(C)(C)C)cc45)cccc23)cc1. The fourth-order valence-corrected chi connectivity index (χ4v) is 12.0. The van der Waals surface area contributed by atoms with Gasteiger partial charge in [-0.25, -0.2) is 0 Å². The summed E-state index contributed by atoms with van der Waals surface area (Å²) in [5, 5.41) is 6.96. The van der Waals surface area contributed by atoms with Crippen LogP contribution in [0, 0.1) is 41.5 Å². The minimum atomic E-state index is -0.229. The molecule has 4 heteroatoms. The highest BCUT2D eigenvalue weighted by atomic mass is 15.2. The summed E-state index contributed by atoms with van der Waals surface area (Å²) in [7, 11) is 0. The van der Waals surface area contributed by atoms with Crippen molar-refractivity contribution in [3.63, 3.8) is 0 Å². The van der Waals surface area contributed by atoms with Gasteiger partial charge in [-0.3, -0.25) is 0 Å². The van der Waals surface area contributed by atoms with E-state index in [2.05, 4.69) is 345 Å². The van der Waals surface area contributed by atoms with Gasteiger partial charge in [0.25, 0.3) is 0 Å². The molecule has 0 saturated heterocycles. The van der Waals surface area contributed by atoms with Gasteiger partial charge in [-0.1, -0.05) is 185 Å². The largest absolute Gasteiger partial charge is 0.310 e. The summed E-state index contributed by atoms with van der Waals surface area (Å²) in [6.07, 6.45) is 0. The van der Waals surface area contributed by atoms with Crippen LogP contribution < -0.4 is 19.6 Å². The first-order valence-corrected chi connectivity index (χ1v) is 29.6. The fourth-order valence-electron chi connectivity index (χ4n) is 12.0. The van der Waals surface area contributed by atoms with Crippen LogP contribution >= 0.6 is 0 Å². The Bertz CT molecular complexity index is 4010. The third kappa shape index (κ3) is 10.7. The van der Waals surface area contributed by atoms with E-state index >= 15 is 0 Å². The van der Waals surface area contributed by atoms with Crippen LogP contribution in [0.15, 0.2) is 243 Å². The van der Waals surface area contributed by atoms with Crippen molar-refractivity contribution in [2.75, 3.05) is 19.6 Å². The maximum absolute atomic E-state index is 2.56. The molecule has 0 N–H and O–H groups in total. The molecule has 0 aliphatic rings. The lowest BCUT2D eigenvalue weighted by atomic mass is 9.81. The zero-order chi connectivity index (χ0) is 58.6. The van der Waals surface area contributed by atoms with Crippen molar-refractivity contribution in [1.29, 1.82) is 0 Å². The van der Waals surface area contributed by atoms with E-state index in [1.54, 1.807) is 0 Å². The summed E-state index contributed by atoms with van der Waals surface area (Å²) in [6.45, 7) is 27.2. The van der Waals surface area contributed by atoms with Crippen LogP contribution in [0.5, 0.6) is 0 Å². The molecule has 0 saturated carbocycles. The molecule has 0 spiro atoms. The molecule has 4 nitrogen and oxygen atoms in total. The number of aryl methyl sites for hydroxylation is 6. The van der Waals surface area contributed by atoms with Gasteiger partial charge in [-0.15, -0.1) is 0 Å². The van der Waals surface area contributed by atoms with E-state index in [1.165, 1.54) is 55.3 Å². The van der Waals surface area contributed by atoms with Crippen molar-refractivity contribution in [2.45, 2.75) is 93.9 Å². The zero-order valence-corrected chi connectivity index (χ0v) is 50.9. The minimum Gasteiger partial charge on any atom is -0.310 e. The summed E-state index contributed by atoms with van der Waals surface area (Å²) < 4.78 is 0. The summed E-state index contributed by atoms with van der Waals surface area (Å²) >= 11 is 0. The van der Waals surface area contributed by atoms with Crippen molar-refractivity contribution < 1.29 is 0 Å². The third-order valence-electron chi connectivity index (χ3n) is 16.6. The van der Waals surface area contributed by atoms with Crippen LogP contribution in [-0.2, 0) is 10.8 Å². The summed E-state index contributed by atoms with van der Waals surface area (Å²) in [6, 6.07) is 91.1. The first-order chi connectivity index (χ1) is 40.4. The number of benzene rings is 12. The van der Waals surface area contributed by atoms with Crippen LogP contribution in [0.25, 0.3) is 32.3 Å². The number of rotatable bonds is 12. The first-order valence-electron chi connectivity index (χ1n) is 29.6. The van der Waals surface area contributed by atoms with E-state index < -0.39 is 0 Å². The van der Waals surface area contributed by atoms with Crippen molar-refractivity contribution >= 4 is 101 Å². The van der Waals surface area contributed by atoms with E-state index in [9.17, 15) is 0 Å². The predicted octanol–water partition coefficient (Wildman–Crippen LogP) is 23.5. The van der Waals surface area contributed by atoms with Crippen LogP contribution in [0.4, 0.5) is 68.2 Å². The van der Waals surface area contributed by atoms with E-state index in [4.69, 9.17) is 0 Å². The number of fused-ring (bicyclic) bond motifs is 3. The maximum atomic E-state index is 2.56. The van der Waals surface area contributed by atoms with E-state index in [0.29, 0.717) is 0 Å². The smallest absolute Gasteiger partial charge is 0.0544 e. The molecule has 0 aliphatic heterocycles. The van der Waals surface area contributed by atoms with Gasteiger partial charge < -0.3 is 19.6 Å². The molecule has 0 bridgehead atoms. The van der Waals surface area contributed by atoms with Crippen LogP contribution in [0.1, 0.15) is 86.1 Å². The Morgan fingerprint density at radius 3 is 0.726 bits per heavy atom. The topological polar surface area (TPSA) is 13.0 Å². The summed E-state index contributed by atoms with van der Waals surface area (Å²) in [4.78, 5) is 9.94. The molecule has 0 heterocycles. The summed E-state index contributed by atoms with van der Waals surface area (Å²) in [5.74, 6) is 0. The first kappa shape index (κ1) is 55.2. The number of anilines is 12. The lowest BCUT2D eigenvalue weighted by molar-refractivity contribution is 0.589. The van der Waals surface area contributed by atoms with Gasteiger partial charge >= 0.3 is 0 Å². The highest BCUT2D eigenvalue weighted by molar-refractivity contribution is 6.14. The van der Waals surface area contributed by atoms with Gasteiger partial charge in [0.05, 0.1) is 34.1 Å². The van der Waals surface area contributed by atoms with Crippen molar-refractivity contribution in [2.24, 2.45) is 0 Å². The number of hydrogen-bond acceptors (Lipinski definition) is 4. The van der Waals surface area contributed by atoms with Gasteiger partial charge in [0, 0.05) is 66.4 Å². The highest BCUT2D eigenvalue weighted by Gasteiger charge is 2.30. The molecule has 0 amide bonds. The Labute approximate surface area is 498 Å². The fraction of sp³-hybridized carbons (Fsp3) is 0.175. The molecule has 0 fully saturated rings. The molecule has 416 valence electrons. The average molecular weight is 1090 g/mol. The molecule has 0 aromatic heterocycles. The lowest BCUT2D eigenvalue weighted by Crippen LogP contribution is -2.19. The van der Waals surface area contributed by atoms with Gasteiger partial charge in [-0.05, 0) is 196 Å². The van der Waals surface area contributed by atoms with Crippen LogP contribution in [-0.4, -0.2) is 0 Å². The average Bonchev–Trinajstić information content (AvgIpc) is 1.06. The Balaban J connectivity index is 1.16. The Kier molecular flexibility index (Phi) is 14.5. The second-order valence-electron chi connectivity index (χ2n) is 25.2.